The van der Waals surface area contributed by atoms with Gasteiger partial charge in [-0.05, 0) is 30.7 Å². The molecule has 3 aromatic rings. The van der Waals surface area contributed by atoms with Gasteiger partial charge in [0, 0.05) is 16.2 Å². The van der Waals surface area contributed by atoms with Gasteiger partial charge in [-0.15, -0.1) is 0 Å². The molecule has 0 saturated carbocycles. The summed E-state index contributed by atoms with van der Waals surface area (Å²) in [5.74, 6) is 0.965. The van der Waals surface area contributed by atoms with Crippen molar-refractivity contribution in [2.24, 2.45) is 0 Å². The molecule has 0 N–H and O–H groups in total. The van der Waals surface area contributed by atoms with Gasteiger partial charge in [-0.1, -0.05) is 34.1 Å². The topological polar surface area (TPSA) is 17.3 Å². The van der Waals surface area contributed by atoms with Crippen LogP contribution in [0.2, 0.25) is 0 Å². The van der Waals surface area contributed by atoms with Crippen molar-refractivity contribution in [2.75, 3.05) is 0 Å². The number of pyridine rings is 1. The summed E-state index contributed by atoms with van der Waals surface area (Å²) in [6.07, 6.45) is 3.97. The fourth-order valence-electron chi connectivity index (χ4n) is 1.95. The van der Waals surface area contributed by atoms with Gasteiger partial charge in [0.25, 0.3) is 0 Å². The van der Waals surface area contributed by atoms with Gasteiger partial charge in [0.15, 0.2) is 0 Å². The molecule has 2 heterocycles. The Bertz CT molecular complexity index is 686. The number of nitrogens with zero attached hydrogens (tertiary/aromatic N) is 2. The average Bonchev–Trinajstić information content (AvgIpc) is 2.72. The molecule has 2 aromatic heterocycles. The molecule has 0 aliphatic heterocycles. The first-order valence-electron chi connectivity index (χ1n) is 5.44. The number of fused-ring (bicyclic) bond motifs is 1. The minimum absolute atomic E-state index is 0.965. The van der Waals surface area contributed by atoms with Crippen LogP contribution < -0.4 is 0 Å². The molecule has 0 saturated heterocycles. The maximum absolute atomic E-state index is 4.50. The zero-order valence-corrected chi connectivity index (χ0v) is 11.0. The summed E-state index contributed by atoms with van der Waals surface area (Å²) in [7, 11) is 0. The summed E-state index contributed by atoms with van der Waals surface area (Å²) in [6.45, 7) is 2.09. The number of imidazole rings is 1. The van der Waals surface area contributed by atoms with Crippen molar-refractivity contribution in [3.63, 3.8) is 0 Å². The third-order valence-corrected chi connectivity index (χ3v) is 3.49. The monoisotopic (exact) mass is 286 g/mol. The normalized spacial score (nSPS) is 10.9. The highest BCUT2D eigenvalue weighted by atomic mass is 79.9. The quantitative estimate of drug-likeness (QED) is 0.659. The molecule has 0 amide bonds. The summed E-state index contributed by atoms with van der Waals surface area (Å²) in [6, 6.07) is 12.4. The zero-order valence-electron chi connectivity index (χ0n) is 9.39. The molecule has 0 bridgehead atoms. The molecular weight excluding hydrogens is 276 g/mol. The Labute approximate surface area is 108 Å². The first kappa shape index (κ1) is 10.5. The van der Waals surface area contributed by atoms with Crippen molar-refractivity contribution in [2.45, 2.75) is 6.92 Å². The van der Waals surface area contributed by atoms with Crippen molar-refractivity contribution in [1.82, 2.24) is 9.38 Å². The van der Waals surface area contributed by atoms with E-state index in [1.807, 2.05) is 24.4 Å². The van der Waals surface area contributed by atoms with E-state index in [0.717, 1.165) is 21.4 Å². The molecule has 0 aliphatic carbocycles. The number of halogens is 1. The number of benzene rings is 1. The fourth-order valence-corrected chi connectivity index (χ4v) is 2.41. The lowest BCUT2D eigenvalue weighted by molar-refractivity contribution is 1.15. The summed E-state index contributed by atoms with van der Waals surface area (Å²) in [4.78, 5) is 4.50. The van der Waals surface area contributed by atoms with Crippen LogP contribution >= 0.6 is 15.9 Å². The van der Waals surface area contributed by atoms with Crippen molar-refractivity contribution in [3.8, 4) is 11.4 Å². The van der Waals surface area contributed by atoms with Crippen molar-refractivity contribution in [3.05, 3.63) is 58.8 Å². The minimum Gasteiger partial charge on any atom is -0.300 e. The van der Waals surface area contributed by atoms with E-state index in [4.69, 9.17) is 0 Å². The van der Waals surface area contributed by atoms with E-state index >= 15 is 0 Å². The van der Waals surface area contributed by atoms with Gasteiger partial charge in [-0.25, -0.2) is 4.98 Å². The molecule has 0 fully saturated rings. The Morgan fingerprint density at radius 3 is 2.82 bits per heavy atom. The molecule has 0 spiro atoms. The smallest absolute Gasteiger partial charge is 0.145 e. The average molecular weight is 287 g/mol. The molecule has 3 heteroatoms. The Kier molecular flexibility index (Phi) is 2.48. The molecule has 0 unspecified atom stereocenters. The lowest BCUT2D eigenvalue weighted by Crippen LogP contribution is -1.90. The Hall–Kier alpha value is -1.61. The summed E-state index contributed by atoms with van der Waals surface area (Å²) >= 11 is 3.56. The van der Waals surface area contributed by atoms with Gasteiger partial charge in [-0.3, -0.25) is 4.40 Å². The van der Waals surface area contributed by atoms with Crippen molar-refractivity contribution in [1.29, 1.82) is 0 Å². The standard InChI is InChI=1S/C14H11BrN2/c1-10-6-7-17-11(8-10)9-16-14(17)12-4-2-3-5-13(12)15/h2-9H,1H3. The molecule has 0 radical (unpaired) electrons. The highest BCUT2D eigenvalue weighted by molar-refractivity contribution is 9.10. The van der Waals surface area contributed by atoms with E-state index in [-0.39, 0.29) is 0 Å². The maximum atomic E-state index is 4.50. The molecule has 1 aromatic carbocycles. The van der Waals surface area contributed by atoms with E-state index in [2.05, 4.69) is 56.6 Å². The maximum Gasteiger partial charge on any atom is 0.145 e. The van der Waals surface area contributed by atoms with Crippen molar-refractivity contribution >= 4 is 21.4 Å². The van der Waals surface area contributed by atoms with E-state index in [0.29, 0.717) is 0 Å². The minimum atomic E-state index is 0.965. The second-order valence-electron chi connectivity index (χ2n) is 4.06. The van der Waals surface area contributed by atoms with Gasteiger partial charge in [0.1, 0.15) is 5.82 Å². The van der Waals surface area contributed by atoms with Gasteiger partial charge >= 0.3 is 0 Å². The lowest BCUT2D eigenvalue weighted by atomic mass is 10.2. The van der Waals surface area contributed by atoms with Gasteiger partial charge in [-0.2, -0.15) is 0 Å². The molecule has 84 valence electrons. The molecule has 0 aliphatic rings. The highest BCUT2D eigenvalue weighted by Crippen LogP contribution is 2.27. The van der Waals surface area contributed by atoms with Crippen LogP contribution in [0.1, 0.15) is 5.56 Å². The number of rotatable bonds is 1. The molecule has 2 nitrogen and oxygen atoms in total. The Morgan fingerprint density at radius 1 is 1.18 bits per heavy atom. The van der Waals surface area contributed by atoms with Gasteiger partial charge < -0.3 is 0 Å². The summed E-state index contributed by atoms with van der Waals surface area (Å²) < 4.78 is 3.17. The third kappa shape index (κ3) is 1.76. The molecular formula is C14H11BrN2. The van der Waals surface area contributed by atoms with Crippen LogP contribution in [0.5, 0.6) is 0 Å². The highest BCUT2D eigenvalue weighted by Gasteiger charge is 2.08. The second-order valence-corrected chi connectivity index (χ2v) is 4.91. The Morgan fingerprint density at radius 2 is 2.00 bits per heavy atom. The van der Waals surface area contributed by atoms with Gasteiger partial charge in [0.05, 0.1) is 11.7 Å². The van der Waals surface area contributed by atoms with E-state index in [1.165, 1.54) is 5.56 Å². The van der Waals surface area contributed by atoms with E-state index in [1.54, 1.807) is 0 Å². The van der Waals surface area contributed by atoms with Crippen LogP contribution in [0, 0.1) is 6.92 Å². The number of aryl methyl sites for hydroxylation is 1. The lowest BCUT2D eigenvalue weighted by Gasteiger charge is -2.04. The number of hydrogen-bond acceptors (Lipinski definition) is 1. The number of hydrogen-bond donors (Lipinski definition) is 0. The first-order chi connectivity index (χ1) is 8.25. The van der Waals surface area contributed by atoms with E-state index < -0.39 is 0 Å². The Balaban J connectivity index is 2.29. The van der Waals surface area contributed by atoms with Crippen LogP contribution in [0.4, 0.5) is 0 Å². The van der Waals surface area contributed by atoms with E-state index in [9.17, 15) is 0 Å². The van der Waals surface area contributed by atoms with Crippen LogP contribution in [0.15, 0.2) is 53.3 Å². The first-order valence-corrected chi connectivity index (χ1v) is 6.23. The molecule has 17 heavy (non-hydrogen) atoms. The third-order valence-electron chi connectivity index (χ3n) is 2.80. The largest absolute Gasteiger partial charge is 0.300 e. The number of aromatic nitrogens is 2. The van der Waals surface area contributed by atoms with Crippen molar-refractivity contribution < 1.29 is 0 Å². The second kappa shape index (κ2) is 4.00. The molecule has 0 atom stereocenters. The van der Waals surface area contributed by atoms with Crippen LogP contribution in [0.3, 0.4) is 0 Å². The van der Waals surface area contributed by atoms with Gasteiger partial charge in [0.2, 0.25) is 0 Å². The van der Waals surface area contributed by atoms with Crippen LogP contribution in [-0.4, -0.2) is 9.38 Å². The summed E-state index contributed by atoms with van der Waals surface area (Å²) in [5, 5.41) is 0. The fraction of sp³-hybridized carbons (Fsp3) is 0.0714. The summed E-state index contributed by atoms with van der Waals surface area (Å²) in [5.41, 5.74) is 3.48. The SMILES string of the molecule is Cc1ccn2c(-c3ccccc3Br)ncc2c1. The molecule has 3 rings (SSSR count). The predicted molar refractivity (Wildman–Crippen MR) is 73.1 cm³/mol. The zero-order chi connectivity index (χ0) is 11.8. The van der Waals surface area contributed by atoms with Crippen LogP contribution in [-0.2, 0) is 0 Å². The predicted octanol–water partition coefficient (Wildman–Crippen LogP) is 4.07. The van der Waals surface area contributed by atoms with Crippen LogP contribution in [0.25, 0.3) is 16.9 Å².